The van der Waals surface area contributed by atoms with Crippen LogP contribution in [0.25, 0.3) is 11.3 Å². The average Bonchev–Trinajstić information content (AvgIpc) is 2.38. The van der Waals surface area contributed by atoms with Gasteiger partial charge >= 0.3 is 6.36 Å². The smallest absolute Gasteiger partial charge is 0.405 e. The lowest BCUT2D eigenvalue weighted by Crippen LogP contribution is -2.17. The summed E-state index contributed by atoms with van der Waals surface area (Å²) < 4.78 is 41.2. The summed E-state index contributed by atoms with van der Waals surface area (Å²) in [6, 6.07) is 11.0. The number of nitrogens with zero attached hydrogens (tertiary/aromatic N) is 1. The molecule has 0 saturated carbocycles. The average molecular weight is 282 g/mol. The summed E-state index contributed by atoms with van der Waals surface area (Å²) in [6.07, 6.45) is -4.73. The lowest BCUT2D eigenvalue weighted by Gasteiger charge is -2.13. The van der Waals surface area contributed by atoms with Gasteiger partial charge in [0.25, 0.3) is 0 Å². The first kappa shape index (κ1) is 14.2. The van der Waals surface area contributed by atoms with Crippen molar-refractivity contribution in [2.45, 2.75) is 13.3 Å². The highest BCUT2D eigenvalue weighted by Gasteiger charge is 2.32. The highest BCUT2D eigenvalue weighted by molar-refractivity contribution is 5.68. The van der Waals surface area contributed by atoms with E-state index < -0.39 is 6.36 Å². The Balaban J connectivity index is 2.39. The van der Waals surface area contributed by atoms with Crippen LogP contribution in [0.5, 0.6) is 5.75 Å². The zero-order valence-corrected chi connectivity index (χ0v) is 10.7. The van der Waals surface area contributed by atoms with Gasteiger partial charge in [0.05, 0.1) is 5.69 Å². The number of aromatic nitrogens is 1. The number of anilines is 1. The Morgan fingerprint density at radius 1 is 1.10 bits per heavy atom. The van der Waals surface area contributed by atoms with E-state index in [1.54, 1.807) is 30.3 Å². The number of pyridine rings is 1. The third-order valence-electron chi connectivity index (χ3n) is 2.50. The lowest BCUT2D eigenvalue weighted by molar-refractivity contribution is -0.274. The third kappa shape index (κ3) is 3.63. The molecule has 0 aliphatic rings. The Morgan fingerprint density at radius 3 is 2.55 bits per heavy atom. The Labute approximate surface area is 114 Å². The topological polar surface area (TPSA) is 34.1 Å². The second-order valence-electron chi connectivity index (χ2n) is 3.98. The number of alkyl halides is 3. The molecule has 1 aromatic heterocycles. The molecular weight excluding hydrogens is 269 g/mol. The molecule has 20 heavy (non-hydrogen) atoms. The molecule has 1 aromatic carbocycles. The van der Waals surface area contributed by atoms with E-state index in [0.29, 0.717) is 23.6 Å². The first-order valence-electron chi connectivity index (χ1n) is 6.05. The number of rotatable bonds is 4. The van der Waals surface area contributed by atoms with Gasteiger partial charge in [-0.2, -0.15) is 0 Å². The molecule has 0 fully saturated rings. The zero-order chi connectivity index (χ0) is 14.6. The van der Waals surface area contributed by atoms with Crippen LogP contribution < -0.4 is 10.1 Å². The van der Waals surface area contributed by atoms with Gasteiger partial charge < -0.3 is 10.1 Å². The van der Waals surface area contributed by atoms with Crippen LogP contribution in [0.3, 0.4) is 0 Å². The van der Waals surface area contributed by atoms with Crippen molar-refractivity contribution in [1.82, 2.24) is 4.98 Å². The van der Waals surface area contributed by atoms with E-state index in [2.05, 4.69) is 15.0 Å². The highest BCUT2D eigenvalue weighted by Crippen LogP contribution is 2.32. The van der Waals surface area contributed by atoms with E-state index >= 15 is 0 Å². The molecule has 0 bridgehead atoms. The molecule has 0 aliphatic heterocycles. The summed E-state index contributed by atoms with van der Waals surface area (Å²) in [7, 11) is 0. The van der Waals surface area contributed by atoms with Crippen molar-refractivity contribution < 1.29 is 17.9 Å². The molecule has 6 heteroatoms. The van der Waals surface area contributed by atoms with Gasteiger partial charge in [0.2, 0.25) is 0 Å². The van der Waals surface area contributed by atoms with Gasteiger partial charge in [-0.05, 0) is 31.2 Å². The summed E-state index contributed by atoms with van der Waals surface area (Å²) in [5, 5.41) is 3.01. The molecule has 0 unspecified atom stereocenters. The number of hydrogen-bond acceptors (Lipinski definition) is 3. The zero-order valence-electron chi connectivity index (χ0n) is 10.7. The van der Waals surface area contributed by atoms with Crippen LogP contribution in [-0.2, 0) is 0 Å². The quantitative estimate of drug-likeness (QED) is 0.917. The predicted molar refractivity (Wildman–Crippen MR) is 70.5 cm³/mol. The molecule has 2 aromatic rings. The number of nitrogens with one attached hydrogen (secondary N) is 1. The van der Waals surface area contributed by atoms with Gasteiger partial charge in [0.15, 0.2) is 0 Å². The van der Waals surface area contributed by atoms with Crippen molar-refractivity contribution in [2.75, 3.05) is 11.9 Å². The normalized spacial score (nSPS) is 11.2. The molecule has 0 aliphatic carbocycles. The fourth-order valence-corrected chi connectivity index (χ4v) is 1.76. The monoisotopic (exact) mass is 282 g/mol. The van der Waals surface area contributed by atoms with E-state index in [1.807, 2.05) is 6.92 Å². The van der Waals surface area contributed by atoms with Gasteiger partial charge in [0, 0.05) is 12.1 Å². The van der Waals surface area contributed by atoms with Gasteiger partial charge in [-0.1, -0.05) is 18.2 Å². The number of ether oxygens (including phenoxy) is 1. The van der Waals surface area contributed by atoms with Crippen molar-refractivity contribution in [3.63, 3.8) is 0 Å². The highest BCUT2D eigenvalue weighted by atomic mass is 19.4. The molecule has 2 rings (SSSR count). The Hall–Kier alpha value is -2.24. The summed E-state index contributed by atoms with van der Waals surface area (Å²) in [6.45, 7) is 2.59. The lowest BCUT2D eigenvalue weighted by atomic mass is 10.1. The molecule has 0 amide bonds. The second kappa shape index (κ2) is 5.81. The van der Waals surface area contributed by atoms with E-state index in [0.717, 1.165) is 0 Å². The van der Waals surface area contributed by atoms with E-state index in [4.69, 9.17) is 0 Å². The maximum Gasteiger partial charge on any atom is 0.573 e. The van der Waals surface area contributed by atoms with Crippen molar-refractivity contribution in [2.24, 2.45) is 0 Å². The van der Waals surface area contributed by atoms with Crippen molar-refractivity contribution in [3.05, 3.63) is 42.5 Å². The van der Waals surface area contributed by atoms with Crippen LogP contribution in [0.1, 0.15) is 6.92 Å². The molecule has 0 saturated heterocycles. The first-order chi connectivity index (χ1) is 9.49. The van der Waals surface area contributed by atoms with Crippen LogP contribution in [0.4, 0.5) is 19.0 Å². The molecular formula is C14H13F3N2O. The van der Waals surface area contributed by atoms with Crippen LogP contribution in [0.15, 0.2) is 42.5 Å². The minimum atomic E-state index is -4.73. The summed E-state index contributed by atoms with van der Waals surface area (Å²) in [5.74, 6) is 0.341. The molecule has 0 radical (unpaired) electrons. The maximum absolute atomic E-state index is 12.4. The van der Waals surface area contributed by atoms with Crippen LogP contribution >= 0.6 is 0 Å². The minimum absolute atomic E-state index is 0.263. The Kier molecular flexibility index (Phi) is 4.12. The van der Waals surface area contributed by atoms with Crippen molar-refractivity contribution >= 4 is 5.82 Å². The minimum Gasteiger partial charge on any atom is -0.405 e. The molecule has 1 heterocycles. The van der Waals surface area contributed by atoms with Crippen LogP contribution in [0.2, 0.25) is 0 Å². The molecule has 3 nitrogen and oxygen atoms in total. The SMILES string of the molecule is CCNc1cccc(-c2ccccc2OC(F)(F)F)n1. The number of halogens is 3. The first-order valence-corrected chi connectivity index (χ1v) is 6.05. The van der Waals surface area contributed by atoms with Crippen LogP contribution in [-0.4, -0.2) is 17.9 Å². The largest absolute Gasteiger partial charge is 0.573 e. The molecule has 1 N–H and O–H groups in total. The standard InChI is InChI=1S/C14H13F3N2O/c1-2-18-13-9-5-7-11(19-13)10-6-3-4-8-12(10)20-14(15,16)17/h3-9H,2H2,1H3,(H,18,19). The van der Waals surface area contributed by atoms with Gasteiger partial charge in [-0.25, -0.2) is 4.98 Å². The van der Waals surface area contributed by atoms with E-state index in [9.17, 15) is 13.2 Å². The number of benzene rings is 1. The van der Waals surface area contributed by atoms with Gasteiger partial charge in [-0.15, -0.1) is 13.2 Å². The number of hydrogen-bond donors (Lipinski definition) is 1. The second-order valence-corrected chi connectivity index (χ2v) is 3.98. The maximum atomic E-state index is 12.4. The molecule has 106 valence electrons. The Morgan fingerprint density at radius 2 is 1.85 bits per heavy atom. The Bertz CT molecular complexity index is 585. The predicted octanol–water partition coefficient (Wildman–Crippen LogP) is 4.08. The molecule has 0 spiro atoms. The van der Waals surface area contributed by atoms with Gasteiger partial charge in [-0.3, -0.25) is 0 Å². The number of para-hydroxylation sites is 1. The molecule has 0 atom stereocenters. The van der Waals surface area contributed by atoms with E-state index in [-0.39, 0.29) is 5.75 Å². The summed E-state index contributed by atoms with van der Waals surface area (Å²) >= 11 is 0. The van der Waals surface area contributed by atoms with Crippen molar-refractivity contribution in [3.8, 4) is 17.0 Å². The van der Waals surface area contributed by atoms with Crippen LogP contribution in [0, 0.1) is 0 Å². The van der Waals surface area contributed by atoms with Gasteiger partial charge in [0.1, 0.15) is 11.6 Å². The fraction of sp³-hybridized carbons (Fsp3) is 0.214. The summed E-state index contributed by atoms with van der Waals surface area (Å²) in [5.41, 5.74) is 0.716. The summed E-state index contributed by atoms with van der Waals surface area (Å²) in [4.78, 5) is 4.26. The van der Waals surface area contributed by atoms with E-state index in [1.165, 1.54) is 12.1 Å². The fourth-order valence-electron chi connectivity index (χ4n) is 1.76. The van der Waals surface area contributed by atoms with Crippen molar-refractivity contribution in [1.29, 1.82) is 0 Å². The third-order valence-corrected chi connectivity index (χ3v) is 2.50.